The first-order chi connectivity index (χ1) is 5.06. The lowest BCUT2D eigenvalue weighted by Crippen LogP contribution is -2.33. The first-order valence-electron chi connectivity index (χ1n) is 4.08. The van der Waals surface area contributed by atoms with Crippen molar-refractivity contribution in [1.29, 1.82) is 0 Å². The number of rotatable bonds is 2. The largest absolute Gasteiger partial charge is 0.396 e. The molecule has 0 aromatic carbocycles. The summed E-state index contributed by atoms with van der Waals surface area (Å²) in [6, 6.07) is 0. The molecule has 0 radical (unpaired) electrons. The topological polar surface area (TPSA) is 32.7 Å². The molecule has 1 unspecified atom stereocenters. The molecule has 0 aromatic rings. The Kier molecular flexibility index (Phi) is 2.52. The van der Waals surface area contributed by atoms with E-state index in [0.29, 0.717) is 0 Å². The van der Waals surface area contributed by atoms with Gasteiger partial charge in [-0.25, -0.2) is 0 Å². The maximum atomic E-state index is 8.68. The van der Waals surface area contributed by atoms with Crippen LogP contribution in [0.4, 0.5) is 0 Å². The zero-order valence-electron chi connectivity index (χ0n) is 7.50. The van der Waals surface area contributed by atoms with Gasteiger partial charge in [0.15, 0.2) is 0 Å². The van der Waals surface area contributed by atoms with Crippen LogP contribution in [0.25, 0.3) is 0 Å². The average Bonchev–Trinajstić information content (AvgIpc) is 2.08. The van der Waals surface area contributed by atoms with Crippen molar-refractivity contribution in [3.05, 3.63) is 0 Å². The fourth-order valence-electron chi connectivity index (χ4n) is 1.39. The van der Waals surface area contributed by atoms with Gasteiger partial charge in [0.1, 0.15) is 0 Å². The summed E-state index contributed by atoms with van der Waals surface area (Å²) < 4.78 is 0. The minimum absolute atomic E-state index is 0.125. The second-order valence-electron chi connectivity index (χ2n) is 3.75. The normalized spacial score (nSPS) is 31.1. The van der Waals surface area contributed by atoms with Crippen molar-refractivity contribution in [2.24, 2.45) is 0 Å². The fraction of sp³-hybridized carbons (Fsp3) is 1.00. The SMILES string of the molecule is CN1OC(CCO)CC1(C)C. The lowest BCUT2D eigenvalue weighted by molar-refractivity contribution is -0.163. The number of aliphatic hydroxyl groups excluding tert-OH is 1. The van der Waals surface area contributed by atoms with E-state index in [0.717, 1.165) is 12.8 Å². The van der Waals surface area contributed by atoms with Gasteiger partial charge in [0, 0.05) is 19.2 Å². The van der Waals surface area contributed by atoms with Crippen LogP contribution in [0.15, 0.2) is 0 Å². The number of hydroxylamine groups is 2. The Morgan fingerprint density at radius 1 is 1.64 bits per heavy atom. The first-order valence-corrected chi connectivity index (χ1v) is 4.08. The molecule has 66 valence electrons. The Morgan fingerprint density at radius 2 is 2.27 bits per heavy atom. The van der Waals surface area contributed by atoms with Gasteiger partial charge < -0.3 is 5.11 Å². The van der Waals surface area contributed by atoms with Crippen LogP contribution in [0.5, 0.6) is 0 Å². The van der Waals surface area contributed by atoms with Gasteiger partial charge in [0.25, 0.3) is 0 Å². The predicted octanol–water partition coefficient (Wildman–Crippen LogP) is 0.783. The molecule has 0 aliphatic carbocycles. The molecule has 1 aliphatic heterocycles. The smallest absolute Gasteiger partial charge is 0.0833 e. The molecular weight excluding hydrogens is 142 g/mol. The van der Waals surface area contributed by atoms with Crippen LogP contribution < -0.4 is 0 Å². The van der Waals surface area contributed by atoms with Crippen molar-refractivity contribution in [2.45, 2.75) is 38.3 Å². The molecule has 0 amide bonds. The average molecular weight is 159 g/mol. The van der Waals surface area contributed by atoms with Gasteiger partial charge in [-0.15, -0.1) is 0 Å². The Balaban J connectivity index is 2.43. The van der Waals surface area contributed by atoms with E-state index >= 15 is 0 Å². The van der Waals surface area contributed by atoms with Gasteiger partial charge in [0.05, 0.1) is 6.10 Å². The van der Waals surface area contributed by atoms with Crippen LogP contribution >= 0.6 is 0 Å². The van der Waals surface area contributed by atoms with Crippen LogP contribution in [0.2, 0.25) is 0 Å². The highest BCUT2D eigenvalue weighted by atomic mass is 16.7. The minimum Gasteiger partial charge on any atom is -0.396 e. The van der Waals surface area contributed by atoms with Crippen LogP contribution in [-0.2, 0) is 4.84 Å². The summed E-state index contributed by atoms with van der Waals surface area (Å²) in [6.45, 7) is 4.50. The van der Waals surface area contributed by atoms with Gasteiger partial charge in [-0.05, 0) is 26.7 Å². The maximum absolute atomic E-state index is 8.68. The summed E-state index contributed by atoms with van der Waals surface area (Å²) in [5, 5.41) is 10.6. The van der Waals surface area contributed by atoms with E-state index in [9.17, 15) is 0 Å². The van der Waals surface area contributed by atoms with Crippen LogP contribution in [0, 0.1) is 0 Å². The van der Waals surface area contributed by atoms with E-state index in [1.807, 2.05) is 12.1 Å². The second-order valence-corrected chi connectivity index (χ2v) is 3.75. The molecule has 1 fully saturated rings. The summed E-state index contributed by atoms with van der Waals surface area (Å²) >= 11 is 0. The molecule has 1 rings (SSSR count). The third-order valence-corrected chi connectivity index (χ3v) is 2.34. The van der Waals surface area contributed by atoms with Crippen molar-refractivity contribution >= 4 is 0 Å². The Hall–Kier alpha value is -0.120. The highest BCUT2D eigenvalue weighted by Crippen LogP contribution is 2.30. The molecule has 0 spiro atoms. The van der Waals surface area contributed by atoms with Gasteiger partial charge in [-0.2, -0.15) is 5.06 Å². The third-order valence-electron chi connectivity index (χ3n) is 2.34. The molecular formula is C8H17NO2. The maximum Gasteiger partial charge on any atom is 0.0833 e. The van der Waals surface area contributed by atoms with E-state index in [1.165, 1.54) is 0 Å². The molecule has 1 heterocycles. The zero-order chi connectivity index (χ0) is 8.48. The van der Waals surface area contributed by atoms with E-state index in [1.54, 1.807) is 0 Å². The van der Waals surface area contributed by atoms with Crippen molar-refractivity contribution in [2.75, 3.05) is 13.7 Å². The quantitative estimate of drug-likeness (QED) is 0.646. The van der Waals surface area contributed by atoms with Gasteiger partial charge in [-0.1, -0.05) is 0 Å². The highest BCUT2D eigenvalue weighted by molar-refractivity contribution is 4.84. The van der Waals surface area contributed by atoms with Crippen molar-refractivity contribution in [3.8, 4) is 0 Å². The monoisotopic (exact) mass is 159 g/mol. The van der Waals surface area contributed by atoms with Crippen molar-refractivity contribution in [3.63, 3.8) is 0 Å². The summed E-state index contributed by atoms with van der Waals surface area (Å²) in [4.78, 5) is 5.49. The Morgan fingerprint density at radius 3 is 2.64 bits per heavy atom. The summed E-state index contributed by atoms with van der Waals surface area (Å²) in [6.07, 6.45) is 1.96. The number of hydrogen-bond acceptors (Lipinski definition) is 3. The van der Waals surface area contributed by atoms with Crippen LogP contribution in [0.1, 0.15) is 26.7 Å². The van der Waals surface area contributed by atoms with E-state index in [2.05, 4.69) is 13.8 Å². The molecule has 1 saturated heterocycles. The van der Waals surface area contributed by atoms with E-state index in [4.69, 9.17) is 9.94 Å². The summed E-state index contributed by atoms with van der Waals surface area (Å²) in [5.74, 6) is 0. The van der Waals surface area contributed by atoms with E-state index in [-0.39, 0.29) is 18.2 Å². The molecule has 0 bridgehead atoms. The lowest BCUT2D eigenvalue weighted by Gasteiger charge is -2.24. The van der Waals surface area contributed by atoms with E-state index < -0.39 is 0 Å². The lowest BCUT2D eigenvalue weighted by atomic mass is 9.97. The molecule has 11 heavy (non-hydrogen) atoms. The predicted molar refractivity (Wildman–Crippen MR) is 43.0 cm³/mol. The van der Waals surface area contributed by atoms with Gasteiger partial charge >= 0.3 is 0 Å². The Bertz CT molecular complexity index is 136. The zero-order valence-corrected chi connectivity index (χ0v) is 7.50. The number of aliphatic hydroxyl groups is 1. The van der Waals surface area contributed by atoms with Crippen molar-refractivity contribution < 1.29 is 9.94 Å². The van der Waals surface area contributed by atoms with Crippen molar-refractivity contribution in [1.82, 2.24) is 5.06 Å². The first kappa shape index (κ1) is 8.97. The molecule has 0 aromatic heterocycles. The van der Waals surface area contributed by atoms with Gasteiger partial charge in [-0.3, -0.25) is 4.84 Å². The number of nitrogens with zero attached hydrogens (tertiary/aromatic N) is 1. The Labute approximate surface area is 67.9 Å². The molecule has 3 nitrogen and oxygen atoms in total. The number of hydrogen-bond donors (Lipinski definition) is 1. The van der Waals surface area contributed by atoms with Gasteiger partial charge in [0.2, 0.25) is 0 Å². The second kappa shape index (κ2) is 3.09. The van der Waals surface area contributed by atoms with Crippen LogP contribution in [-0.4, -0.2) is 35.5 Å². The fourth-order valence-corrected chi connectivity index (χ4v) is 1.39. The molecule has 1 N–H and O–H groups in total. The molecule has 3 heteroatoms. The minimum atomic E-state index is 0.125. The molecule has 0 saturated carbocycles. The summed E-state index contributed by atoms with van der Waals surface area (Å²) in [7, 11) is 1.94. The highest BCUT2D eigenvalue weighted by Gasteiger charge is 2.36. The third kappa shape index (κ3) is 1.92. The van der Waals surface area contributed by atoms with Crippen LogP contribution in [0.3, 0.4) is 0 Å². The molecule has 1 atom stereocenters. The standard InChI is InChI=1S/C8H17NO2/c1-8(2)6-7(4-5-10)11-9(8)3/h7,10H,4-6H2,1-3H3. The summed E-state index contributed by atoms with van der Waals surface area (Å²) in [5.41, 5.74) is 0.125. The molecule has 1 aliphatic rings.